The Morgan fingerprint density at radius 1 is 1.50 bits per heavy atom. The molecule has 0 radical (unpaired) electrons. The van der Waals surface area contributed by atoms with Crippen molar-refractivity contribution in [1.82, 2.24) is 20.2 Å². The summed E-state index contributed by atoms with van der Waals surface area (Å²) in [6, 6.07) is 8.09. The summed E-state index contributed by atoms with van der Waals surface area (Å²) < 4.78 is 1.61. The molecule has 0 aliphatic carbocycles. The van der Waals surface area contributed by atoms with Crippen LogP contribution in [0.5, 0.6) is 0 Å². The molecular weight excluding hydrogens is 204 g/mol. The number of hydrogen-bond donors (Lipinski definition) is 2. The molecule has 0 spiro atoms. The third-order valence-corrected chi connectivity index (χ3v) is 2.23. The summed E-state index contributed by atoms with van der Waals surface area (Å²) in [5.74, 6) is 0. The van der Waals surface area contributed by atoms with Gasteiger partial charge in [0.25, 0.3) is 0 Å². The van der Waals surface area contributed by atoms with E-state index >= 15 is 0 Å². The molecule has 0 saturated carbocycles. The number of anilines is 1. The van der Waals surface area contributed by atoms with Gasteiger partial charge in [-0.05, 0) is 35.5 Å². The predicted molar refractivity (Wildman–Crippen MR) is 61.3 cm³/mol. The van der Waals surface area contributed by atoms with Gasteiger partial charge in [0.15, 0.2) is 0 Å². The third kappa shape index (κ3) is 2.34. The minimum atomic E-state index is 0.240. The molecule has 0 saturated heterocycles. The Morgan fingerprint density at radius 2 is 2.38 bits per heavy atom. The Morgan fingerprint density at radius 3 is 3.06 bits per heavy atom. The number of rotatable bonds is 4. The molecule has 6 nitrogen and oxygen atoms in total. The fraction of sp³-hybridized carbons (Fsp3) is 0.300. The average Bonchev–Trinajstić information content (AvgIpc) is 2.83. The summed E-state index contributed by atoms with van der Waals surface area (Å²) in [6.07, 6.45) is 1.56. The van der Waals surface area contributed by atoms with E-state index in [1.807, 2.05) is 31.2 Å². The first-order valence-corrected chi connectivity index (χ1v) is 5.09. The maximum atomic E-state index is 5.55. The van der Waals surface area contributed by atoms with Gasteiger partial charge >= 0.3 is 0 Å². The van der Waals surface area contributed by atoms with Gasteiger partial charge in [0.05, 0.1) is 5.69 Å². The van der Waals surface area contributed by atoms with Crippen LogP contribution in [0, 0.1) is 0 Å². The van der Waals surface area contributed by atoms with Crippen molar-refractivity contribution in [3.05, 3.63) is 30.6 Å². The lowest BCUT2D eigenvalue weighted by Gasteiger charge is -2.13. The molecule has 0 aliphatic rings. The van der Waals surface area contributed by atoms with Crippen LogP contribution >= 0.6 is 0 Å². The SMILES string of the molecule is CC(CN)Nc1cccc(-n2cnnn2)c1. The largest absolute Gasteiger partial charge is 0.381 e. The van der Waals surface area contributed by atoms with Gasteiger partial charge in [-0.3, -0.25) is 0 Å². The molecule has 2 aromatic rings. The third-order valence-electron chi connectivity index (χ3n) is 2.23. The van der Waals surface area contributed by atoms with E-state index in [9.17, 15) is 0 Å². The normalized spacial score (nSPS) is 12.4. The second-order valence-electron chi connectivity index (χ2n) is 3.59. The Bertz CT molecular complexity index is 438. The van der Waals surface area contributed by atoms with Crippen LogP contribution in [0.3, 0.4) is 0 Å². The minimum Gasteiger partial charge on any atom is -0.381 e. The minimum absolute atomic E-state index is 0.240. The monoisotopic (exact) mass is 218 g/mol. The first-order chi connectivity index (χ1) is 7.79. The van der Waals surface area contributed by atoms with Gasteiger partial charge in [-0.1, -0.05) is 6.07 Å². The van der Waals surface area contributed by atoms with Crippen molar-refractivity contribution < 1.29 is 0 Å². The highest BCUT2D eigenvalue weighted by molar-refractivity contribution is 5.51. The highest BCUT2D eigenvalue weighted by Crippen LogP contribution is 2.13. The van der Waals surface area contributed by atoms with Crippen molar-refractivity contribution >= 4 is 5.69 Å². The van der Waals surface area contributed by atoms with Crippen LogP contribution in [0.4, 0.5) is 5.69 Å². The molecule has 0 bridgehead atoms. The number of benzene rings is 1. The van der Waals surface area contributed by atoms with E-state index in [-0.39, 0.29) is 6.04 Å². The number of nitrogens with two attached hydrogens (primary N) is 1. The lowest BCUT2D eigenvalue weighted by atomic mass is 10.2. The molecule has 1 heterocycles. The standard InChI is InChI=1S/C10H14N6/c1-8(6-11)13-9-3-2-4-10(5-9)16-7-12-14-15-16/h2-5,7-8,13H,6,11H2,1H3. The summed E-state index contributed by atoms with van der Waals surface area (Å²) in [6.45, 7) is 2.62. The van der Waals surface area contributed by atoms with E-state index in [1.165, 1.54) is 0 Å². The molecule has 6 heteroatoms. The van der Waals surface area contributed by atoms with Gasteiger partial charge < -0.3 is 11.1 Å². The summed E-state index contributed by atoms with van der Waals surface area (Å²) in [4.78, 5) is 0. The molecule has 2 rings (SSSR count). The van der Waals surface area contributed by atoms with Crippen LogP contribution in [-0.2, 0) is 0 Å². The van der Waals surface area contributed by atoms with E-state index in [4.69, 9.17) is 5.73 Å². The van der Waals surface area contributed by atoms with E-state index in [2.05, 4.69) is 20.8 Å². The Balaban J connectivity index is 2.20. The van der Waals surface area contributed by atoms with Crippen molar-refractivity contribution in [2.75, 3.05) is 11.9 Å². The predicted octanol–water partition coefficient (Wildman–Crippen LogP) is 0.421. The molecule has 1 aromatic heterocycles. The fourth-order valence-corrected chi connectivity index (χ4v) is 1.36. The molecular formula is C10H14N6. The first-order valence-electron chi connectivity index (χ1n) is 5.09. The number of tetrazole rings is 1. The lowest BCUT2D eigenvalue weighted by molar-refractivity contribution is 0.786. The van der Waals surface area contributed by atoms with Crippen LogP contribution in [-0.4, -0.2) is 32.8 Å². The van der Waals surface area contributed by atoms with Crippen molar-refractivity contribution in [3.8, 4) is 5.69 Å². The average molecular weight is 218 g/mol. The van der Waals surface area contributed by atoms with Gasteiger partial charge in [0.2, 0.25) is 0 Å². The zero-order valence-electron chi connectivity index (χ0n) is 9.04. The molecule has 16 heavy (non-hydrogen) atoms. The molecule has 1 atom stereocenters. The van der Waals surface area contributed by atoms with Crippen LogP contribution < -0.4 is 11.1 Å². The molecule has 0 amide bonds. The van der Waals surface area contributed by atoms with Crippen molar-refractivity contribution in [2.45, 2.75) is 13.0 Å². The zero-order chi connectivity index (χ0) is 11.4. The van der Waals surface area contributed by atoms with Gasteiger partial charge in [0, 0.05) is 18.3 Å². The van der Waals surface area contributed by atoms with Crippen LogP contribution in [0.2, 0.25) is 0 Å². The summed E-state index contributed by atoms with van der Waals surface area (Å²) in [7, 11) is 0. The summed E-state index contributed by atoms with van der Waals surface area (Å²) >= 11 is 0. The quantitative estimate of drug-likeness (QED) is 0.777. The van der Waals surface area contributed by atoms with E-state index in [0.717, 1.165) is 11.4 Å². The van der Waals surface area contributed by atoms with Gasteiger partial charge in [0.1, 0.15) is 6.33 Å². The van der Waals surface area contributed by atoms with Gasteiger partial charge in [-0.2, -0.15) is 0 Å². The molecule has 3 N–H and O–H groups in total. The van der Waals surface area contributed by atoms with Crippen LogP contribution in [0.15, 0.2) is 30.6 Å². The molecule has 84 valence electrons. The highest BCUT2D eigenvalue weighted by Gasteiger charge is 2.02. The van der Waals surface area contributed by atoms with Crippen molar-refractivity contribution in [2.24, 2.45) is 5.73 Å². The van der Waals surface area contributed by atoms with E-state index < -0.39 is 0 Å². The second-order valence-corrected chi connectivity index (χ2v) is 3.59. The van der Waals surface area contributed by atoms with Gasteiger partial charge in [-0.15, -0.1) is 5.10 Å². The highest BCUT2D eigenvalue weighted by atomic mass is 15.5. The van der Waals surface area contributed by atoms with Crippen molar-refractivity contribution in [3.63, 3.8) is 0 Å². The molecule has 1 aromatic carbocycles. The zero-order valence-corrected chi connectivity index (χ0v) is 9.04. The maximum absolute atomic E-state index is 5.55. The van der Waals surface area contributed by atoms with E-state index in [1.54, 1.807) is 11.0 Å². The fourth-order valence-electron chi connectivity index (χ4n) is 1.36. The molecule has 0 fully saturated rings. The van der Waals surface area contributed by atoms with E-state index in [0.29, 0.717) is 6.54 Å². The Hall–Kier alpha value is -1.95. The Kier molecular flexibility index (Phi) is 3.11. The first kappa shape index (κ1) is 10.6. The topological polar surface area (TPSA) is 81.6 Å². The number of nitrogens with zero attached hydrogens (tertiary/aromatic N) is 4. The summed E-state index contributed by atoms with van der Waals surface area (Å²) in [5, 5.41) is 14.3. The molecule has 0 aliphatic heterocycles. The lowest BCUT2D eigenvalue weighted by Crippen LogP contribution is -2.25. The smallest absolute Gasteiger partial charge is 0.143 e. The van der Waals surface area contributed by atoms with Crippen molar-refractivity contribution in [1.29, 1.82) is 0 Å². The maximum Gasteiger partial charge on any atom is 0.143 e. The van der Waals surface area contributed by atoms with Gasteiger partial charge in [-0.25, -0.2) is 4.68 Å². The van der Waals surface area contributed by atoms with Crippen LogP contribution in [0.1, 0.15) is 6.92 Å². The number of hydrogen-bond acceptors (Lipinski definition) is 5. The number of aromatic nitrogens is 4. The van der Waals surface area contributed by atoms with Crippen LogP contribution in [0.25, 0.3) is 5.69 Å². The number of nitrogens with one attached hydrogen (secondary N) is 1. The summed E-state index contributed by atoms with van der Waals surface area (Å²) in [5.41, 5.74) is 7.47. The Labute approximate surface area is 93.5 Å². The molecule has 1 unspecified atom stereocenters. The second kappa shape index (κ2) is 4.71.